The first kappa shape index (κ1) is 23.2. The second-order valence-corrected chi connectivity index (χ2v) is 9.21. The zero-order valence-corrected chi connectivity index (χ0v) is 19.9. The molecule has 2 aliphatic rings. The number of nitrogens with one attached hydrogen (secondary N) is 4. The van der Waals surface area contributed by atoms with E-state index in [4.69, 9.17) is 4.74 Å². The molecule has 1 atom stereocenters. The van der Waals surface area contributed by atoms with E-state index in [1.54, 1.807) is 7.05 Å². The zero-order chi connectivity index (χ0) is 24.2. The van der Waals surface area contributed by atoms with E-state index in [0.29, 0.717) is 45.4 Å². The summed E-state index contributed by atoms with van der Waals surface area (Å²) in [5.41, 5.74) is 1.89. The van der Waals surface area contributed by atoms with Crippen LogP contribution in [0.5, 0.6) is 11.8 Å². The predicted molar refractivity (Wildman–Crippen MR) is 134 cm³/mol. The maximum absolute atomic E-state index is 14.3. The number of aldehydes is 1. The monoisotopic (exact) mass is 496 g/mol. The van der Waals surface area contributed by atoms with Gasteiger partial charge >= 0.3 is 6.01 Å². The minimum absolute atomic E-state index is 0.107. The number of thioether (sulfide) groups is 1. The van der Waals surface area contributed by atoms with E-state index >= 15 is 0 Å². The molecule has 10 nitrogen and oxygen atoms in total. The second-order valence-electron chi connectivity index (χ2n) is 8.10. The number of nitrogens with zero attached hydrogens (tertiary/aromatic N) is 4. The molecule has 1 unspecified atom stereocenters. The Morgan fingerprint density at radius 3 is 2.71 bits per heavy atom. The van der Waals surface area contributed by atoms with Crippen molar-refractivity contribution in [3.8, 4) is 11.8 Å². The number of rotatable bonds is 2. The van der Waals surface area contributed by atoms with Crippen LogP contribution in [-0.2, 0) is 4.79 Å². The van der Waals surface area contributed by atoms with Crippen LogP contribution in [0, 0.1) is 5.82 Å². The zero-order valence-electron chi connectivity index (χ0n) is 19.1. The summed E-state index contributed by atoms with van der Waals surface area (Å²) in [7, 11) is 1.74. The first-order chi connectivity index (χ1) is 17.1. The first-order valence-electron chi connectivity index (χ1n) is 11.4. The van der Waals surface area contributed by atoms with Crippen molar-refractivity contribution in [3.63, 3.8) is 0 Å². The normalized spacial score (nSPS) is 17.4. The number of halogens is 1. The maximum Gasteiger partial charge on any atom is 0.326 e. The number of hydrogen-bond donors (Lipinski definition) is 4. The summed E-state index contributed by atoms with van der Waals surface area (Å²) < 4.78 is 20.2. The largest absolute Gasteiger partial charge is 0.421 e. The highest BCUT2D eigenvalue weighted by Crippen LogP contribution is 2.35. The Kier molecular flexibility index (Phi) is 6.91. The van der Waals surface area contributed by atoms with Crippen molar-refractivity contribution in [2.24, 2.45) is 0 Å². The third-order valence-corrected chi connectivity index (χ3v) is 6.64. The highest BCUT2D eigenvalue weighted by Gasteiger charge is 2.18. The number of hydrogen-bond acceptors (Lipinski definition) is 10. The first-order valence-corrected chi connectivity index (χ1v) is 12.3. The average Bonchev–Trinajstić information content (AvgIpc) is 3.23. The third-order valence-electron chi connectivity index (χ3n) is 5.68. The molecule has 0 saturated heterocycles. The fourth-order valence-electron chi connectivity index (χ4n) is 4.02. The number of carbonyl (C=O) groups is 1. The predicted octanol–water partition coefficient (Wildman–Crippen LogP) is 4.07. The topological polar surface area (TPSA) is 130 Å². The summed E-state index contributed by atoms with van der Waals surface area (Å²) in [6.45, 7) is 1.42. The van der Waals surface area contributed by atoms with Crippen LogP contribution < -0.4 is 20.7 Å². The second kappa shape index (κ2) is 10.4. The molecule has 4 aromatic rings. The van der Waals surface area contributed by atoms with Crippen LogP contribution in [0.2, 0.25) is 0 Å². The molecule has 182 valence electrons. The van der Waals surface area contributed by atoms with Crippen LogP contribution in [0.15, 0.2) is 29.7 Å². The van der Waals surface area contributed by atoms with Gasteiger partial charge in [0, 0.05) is 19.0 Å². The summed E-state index contributed by atoms with van der Waals surface area (Å²) in [6.07, 6.45) is 7.81. The van der Waals surface area contributed by atoms with Crippen LogP contribution in [0.4, 0.5) is 15.9 Å². The number of benzene rings is 1. The van der Waals surface area contributed by atoms with Crippen molar-refractivity contribution in [3.05, 3.63) is 30.3 Å². The van der Waals surface area contributed by atoms with E-state index in [1.165, 1.54) is 36.3 Å². The lowest BCUT2D eigenvalue weighted by atomic mass is 10.1. The van der Waals surface area contributed by atoms with Crippen molar-refractivity contribution in [2.45, 2.75) is 36.2 Å². The summed E-state index contributed by atoms with van der Waals surface area (Å²) in [5.74, 6) is 0.569. The molecule has 0 aliphatic carbocycles. The van der Waals surface area contributed by atoms with E-state index in [9.17, 15) is 9.18 Å². The van der Waals surface area contributed by atoms with Gasteiger partial charge in [-0.05, 0) is 31.5 Å². The molecule has 3 aromatic heterocycles. The highest BCUT2D eigenvalue weighted by molar-refractivity contribution is 8.00. The van der Waals surface area contributed by atoms with Gasteiger partial charge in [-0.2, -0.15) is 9.97 Å². The third kappa shape index (κ3) is 5.13. The smallest absolute Gasteiger partial charge is 0.326 e. The number of carbonyl (C=O) groups excluding carboxylic acids is 1. The van der Waals surface area contributed by atoms with Gasteiger partial charge in [0.2, 0.25) is 0 Å². The van der Waals surface area contributed by atoms with Crippen molar-refractivity contribution >= 4 is 51.5 Å². The van der Waals surface area contributed by atoms with E-state index < -0.39 is 5.37 Å². The average molecular weight is 497 g/mol. The minimum Gasteiger partial charge on any atom is -0.421 e. The molecule has 0 fully saturated rings. The fourth-order valence-corrected chi connectivity index (χ4v) is 4.73. The Balaban J connectivity index is 1.55. The molecule has 0 radical (unpaired) electrons. The quantitative estimate of drug-likeness (QED) is 0.238. The molecule has 0 amide bonds. The van der Waals surface area contributed by atoms with Gasteiger partial charge in [-0.1, -0.05) is 24.6 Å². The Morgan fingerprint density at radius 1 is 1.14 bits per heavy atom. The molecule has 1 aromatic carbocycles. The Bertz CT molecular complexity index is 1350. The molecular formula is C23H25FN8O2S. The molecule has 0 saturated carbocycles. The van der Waals surface area contributed by atoms with Crippen LogP contribution in [0.3, 0.4) is 0 Å². The molecule has 12 heteroatoms. The van der Waals surface area contributed by atoms with E-state index in [1.807, 2.05) is 0 Å². The van der Waals surface area contributed by atoms with E-state index in [0.717, 1.165) is 44.0 Å². The summed E-state index contributed by atoms with van der Waals surface area (Å²) in [4.78, 5) is 32.4. The molecule has 4 bridgehead atoms. The van der Waals surface area contributed by atoms with Crippen LogP contribution in [0.1, 0.15) is 25.7 Å². The van der Waals surface area contributed by atoms with Gasteiger partial charge in [-0.3, -0.25) is 5.32 Å². The van der Waals surface area contributed by atoms with Gasteiger partial charge in [-0.15, -0.1) is 0 Å². The van der Waals surface area contributed by atoms with Crippen LogP contribution >= 0.6 is 11.8 Å². The lowest BCUT2D eigenvalue weighted by molar-refractivity contribution is -0.107. The van der Waals surface area contributed by atoms with Gasteiger partial charge in [0.25, 0.3) is 0 Å². The standard InChI is InChI=1S/C23H25FN8O2S/c1-25-16-9-13(24)8-15-18-20-27-7-5-3-2-4-6-26-17(12-33)35-23-28-10-14(11-29-23)34-22(31-20)32-21(18)30-19(15)16/h8-12,17,25-26H,2-7H2,1H3,(H2,27,30,31,32). The molecule has 2 aliphatic heterocycles. The summed E-state index contributed by atoms with van der Waals surface area (Å²) in [5, 5.41) is 11.1. The van der Waals surface area contributed by atoms with Crippen molar-refractivity contribution in [1.82, 2.24) is 30.2 Å². The van der Waals surface area contributed by atoms with Gasteiger partial charge in [0.15, 0.2) is 10.9 Å². The van der Waals surface area contributed by atoms with Crippen LogP contribution in [-0.4, -0.2) is 56.7 Å². The van der Waals surface area contributed by atoms with Crippen molar-refractivity contribution in [2.75, 3.05) is 30.8 Å². The summed E-state index contributed by atoms with van der Waals surface area (Å²) >= 11 is 1.25. The van der Waals surface area contributed by atoms with E-state index in [-0.39, 0.29) is 11.8 Å². The molecule has 5 heterocycles. The van der Waals surface area contributed by atoms with Gasteiger partial charge in [0.05, 0.1) is 29.0 Å². The molecule has 0 spiro atoms. The van der Waals surface area contributed by atoms with E-state index in [2.05, 4.69) is 40.9 Å². The number of aromatic nitrogens is 5. The number of aromatic amines is 1. The molecular weight excluding hydrogens is 471 g/mol. The SMILES string of the molecule is CNc1cc(F)cc2c1[nH]c1nc3nc(c12)NCCCCCCNC(C=O)Sc1ncc(cn1)O3. The Morgan fingerprint density at radius 2 is 1.94 bits per heavy atom. The number of ether oxygens (including phenoxy) is 1. The molecule has 4 N–H and O–H groups in total. The maximum atomic E-state index is 14.3. The summed E-state index contributed by atoms with van der Waals surface area (Å²) in [6, 6.07) is 3.02. The number of anilines is 2. The van der Waals surface area contributed by atoms with Crippen molar-refractivity contribution in [1.29, 1.82) is 0 Å². The lowest BCUT2D eigenvalue weighted by Gasteiger charge is -2.13. The minimum atomic E-state index is -0.412. The van der Waals surface area contributed by atoms with Crippen LogP contribution in [0.25, 0.3) is 21.9 Å². The molecule has 6 rings (SSSR count). The lowest BCUT2D eigenvalue weighted by Crippen LogP contribution is -2.28. The molecule has 35 heavy (non-hydrogen) atoms. The Labute approximate surface area is 204 Å². The number of fused-ring (bicyclic) bond motifs is 14. The highest BCUT2D eigenvalue weighted by atomic mass is 32.2. The van der Waals surface area contributed by atoms with Gasteiger partial charge in [-0.25, -0.2) is 14.4 Å². The van der Waals surface area contributed by atoms with Gasteiger partial charge in [0.1, 0.15) is 28.9 Å². The van der Waals surface area contributed by atoms with Crippen molar-refractivity contribution < 1.29 is 13.9 Å². The van der Waals surface area contributed by atoms with Gasteiger partial charge < -0.3 is 25.1 Å². The number of H-pyrrole nitrogens is 1. The fraction of sp³-hybridized carbons (Fsp3) is 0.348. The Hall–Kier alpha value is -3.51.